The van der Waals surface area contributed by atoms with E-state index in [-0.39, 0.29) is 5.56 Å². The molecule has 170 valence electrons. The van der Waals surface area contributed by atoms with Gasteiger partial charge in [0.25, 0.3) is 5.56 Å². The van der Waals surface area contributed by atoms with Crippen molar-refractivity contribution in [2.75, 3.05) is 43.5 Å². The van der Waals surface area contributed by atoms with Crippen molar-refractivity contribution < 1.29 is 4.74 Å². The summed E-state index contributed by atoms with van der Waals surface area (Å²) in [6, 6.07) is 17.1. The molecule has 2 aliphatic heterocycles. The van der Waals surface area contributed by atoms with Gasteiger partial charge in [0.15, 0.2) is 6.17 Å². The highest BCUT2D eigenvalue weighted by Gasteiger charge is 2.30. The van der Waals surface area contributed by atoms with Gasteiger partial charge >= 0.3 is 0 Å². The number of halogens is 1. The van der Waals surface area contributed by atoms with Crippen LogP contribution in [0, 0.1) is 6.92 Å². The maximum absolute atomic E-state index is 12.9. The van der Waals surface area contributed by atoms with Crippen molar-refractivity contribution in [3.63, 3.8) is 0 Å². The first-order valence-electron chi connectivity index (χ1n) is 10.9. The van der Waals surface area contributed by atoms with E-state index in [0.29, 0.717) is 23.4 Å². The zero-order valence-electron chi connectivity index (χ0n) is 18.5. The van der Waals surface area contributed by atoms with Crippen LogP contribution in [-0.4, -0.2) is 53.7 Å². The molecule has 2 aliphatic rings. The number of ether oxygens (including phenoxy) is 1. The fraction of sp³-hybridized carbons (Fsp3) is 0.292. The molecule has 0 amide bonds. The van der Waals surface area contributed by atoms with Crippen LogP contribution in [0.5, 0.6) is 5.75 Å². The van der Waals surface area contributed by atoms with Gasteiger partial charge in [-0.2, -0.15) is 0 Å². The normalized spacial score (nSPS) is 17.8. The predicted octanol–water partition coefficient (Wildman–Crippen LogP) is 3.36. The number of nitrogens with one attached hydrogen (secondary N) is 1. The molecule has 1 N–H and O–H groups in total. The van der Waals surface area contributed by atoms with E-state index in [0.717, 1.165) is 42.5 Å². The molecule has 3 heterocycles. The van der Waals surface area contributed by atoms with E-state index in [1.807, 2.05) is 49.4 Å². The molecule has 2 aromatic carbocycles. The molecule has 0 radical (unpaired) electrons. The number of aryl methyl sites for hydroxylation is 1. The average molecular weight is 465 g/mol. The zero-order chi connectivity index (χ0) is 22.9. The summed E-state index contributed by atoms with van der Waals surface area (Å²) in [6.07, 6.45) is -0.570. The van der Waals surface area contributed by atoms with Gasteiger partial charge in [-0.25, -0.2) is 9.98 Å². The lowest BCUT2D eigenvalue weighted by molar-refractivity contribution is 0.373. The van der Waals surface area contributed by atoms with Crippen LogP contribution in [0.2, 0.25) is 5.02 Å². The maximum Gasteiger partial charge on any atom is 0.257 e. The molecule has 1 saturated heterocycles. The van der Waals surface area contributed by atoms with E-state index in [1.165, 1.54) is 6.07 Å². The van der Waals surface area contributed by atoms with Crippen LogP contribution in [-0.2, 0) is 0 Å². The predicted molar refractivity (Wildman–Crippen MR) is 131 cm³/mol. The number of benzene rings is 2. The van der Waals surface area contributed by atoms with E-state index in [1.54, 1.807) is 11.7 Å². The first kappa shape index (κ1) is 21.3. The Morgan fingerprint density at radius 1 is 1.03 bits per heavy atom. The monoisotopic (exact) mass is 464 g/mol. The number of hydrogen-bond donors (Lipinski definition) is 1. The Labute approximate surface area is 197 Å². The fourth-order valence-electron chi connectivity index (χ4n) is 4.33. The Bertz CT molecular complexity index is 1270. The molecule has 0 aliphatic carbocycles. The summed E-state index contributed by atoms with van der Waals surface area (Å²) in [6.45, 7) is 5.01. The van der Waals surface area contributed by atoms with Crippen molar-refractivity contribution in [2.45, 2.75) is 13.1 Å². The second kappa shape index (κ2) is 8.78. The molecular formula is C24H25ClN6O2. The lowest BCUT2D eigenvalue weighted by atomic mass is 10.1. The van der Waals surface area contributed by atoms with Crippen molar-refractivity contribution in [3.05, 3.63) is 81.2 Å². The second-order valence-electron chi connectivity index (χ2n) is 8.08. The Morgan fingerprint density at radius 3 is 2.55 bits per heavy atom. The van der Waals surface area contributed by atoms with E-state index in [9.17, 15) is 4.79 Å². The lowest BCUT2D eigenvalue weighted by Gasteiger charge is -2.39. The number of hydrogen-bond acceptors (Lipinski definition) is 7. The quantitative estimate of drug-likeness (QED) is 0.640. The first-order valence-corrected chi connectivity index (χ1v) is 11.2. The molecule has 0 unspecified atom stereocenters. The first-order chi connectivity index (χ1) is 16.0. The minimum absolute atomic E-state index is 0.158. The van der Waals surface area contributed by atoms with Gasteiger partial charge in [0.2, 0.25) is 11.9 Å². The van der Waals surface area contributed by atoms with Crippen molar-refractivity contribution in [1.82, 2.24) is 14.5 Å². The Hall–Kier alpha value is -3.52. The number of anilines is 2. The molecule has 1 aromatic heterocycles. The number of guanidine groups is 1. The number of methoxy groups -OCH3 is 1. The highest BCUT2D eigenvalue weighted by atomic mass is 35.5. The van der Waals surface area contributed by atoms with Gasteiger partial charge in [-0.3, -0.25) is 14.7 Å². The van der Waals surface area contributed by atoms with Gasteiger partial charge in [0.05, 0.1) is 7.11 Å². The van der Waals surface area contributed by atoms with Gasteiger partial charge in [0, 0.05) is 54.2 Å². The van der Waals surface area contributed by atoms with Crippen LogP contribution in [0.3, 0.4) is 0 Å². The highest BCUT2D eigenvalue weighted by molar-refractivity contribution is 6.30. The average Bonchev–Trinajstić information content (AvgIpc) is 2.83. The summed E-state index contributed by atoms with van der Waals surface area (Å²) < 4.78 is 7.15. The summed E-state index contributed by atoms with van der Waals surface area (Å²) in [7, 11) is 1.62. The van der Waals surface area contributed by atoms with Gasteiger partial charge in [-0.05, 0) is 31.2 Å². The molecule has 0 spiro atoms. The largest absolute Gasteiger partial charge is 0.496 e. The van der Waals surface area contributed by atoms with Crippen molar-refractivity contribution in [3.8, 4) is 5.75 Å². The zero-order valence-corrected chi connectivity index (χ0v) is 19.3. The standard InChI is InChI=1S/C24H25ClN6O2/c1-16-14-21(32)31-22(19-8-3-4-9-20(19)33-2)27-23(28-24(31)26-16)30-12-10-29(11-13-30)18-7-5-6-17(25)15-18/h3-9,14-15,22H,10-13H2,1-2H3,(H,26,27,28)/t22-/m0/s1. The Morgan fingerprint density at radius 2 is 1.79 bits per heavy atom. The minimum Gasteiger partial charge on any atom is -0.496 e. The van der Waals surface area contributed by atoms with E-state index in [4.69, 9.17) is 21.3 Å². The van der Waals surface area contributed by atoms with Crippen molar-refractivity contribution >= 4 is 29.2 Å². The van der Waals surface area contributed by atoms with Gasteiger partial charge < -0.3 is 14.5 Å². The minimum atomic E-state index is -0.570. The summed E-state index contributed by atoms with van der Waals surface area (Å²) >= 11 is 6.18. The Balaban J connectivity index is 1.47. The summed E-state index contributed by atoms with van der Waals surface area (Å²) in [5, 5.41) is 4.03. The SMILES string of the molecule is COc1ccccc1[C@H]1N=C(N2CCN(c3cccc(Cl)c3)CC2)Nc2nc(C)cc(=O)n21. The summed E-state index contributed by atoms with van der Waals surface area (Å²) in [4.78, 5) is 27.0. The van der Waals surface area contributed by atoms with Crippen LogP contribution >= 0.6 is 11.6 Å². The lowest BCUT2D eigenvalue weighted by Crippen LogP contribution is -2.52. The summed E-state index contributed by atoms with van der Waals surface area (Å²) in [5.74, 6) is 1.86. The van der Waals surface area contributed by atoms with Crippen molar-refractivity contribution in [1.29, 1.82) is 0 Å². The van der Waals surface area contributed by atoms with Crippen LogP contribution < -0.4 is 20.5 Å². The number of fused-ring (bicyclic) bond motifs is 1. The highest BCUT2D eigenvalue weighted by Crippen LogP contribution is 2.32. The smallest absolute Gasteiger partial charge is 0.257 e. The fourth-order valence-corrected chi connectivity index (χ4v) is 4.52. The Kier molecular flexibility index (Phi) is 5.68. The molecule has 1 atom stereocenters. The molecule has 0 saturated carbocycles. The second-order valence-corrected chi connectivity index (χ2v) is 8.51. The third-order valence-electron chi connectivity index (χ3n) is 5.96. The van der Waals surface area contributed by atoms with Crippen LogP contribution in [0.1, 0.15) is 17.4 Å². The molecule has 8 nitrogen and oxygen atoms in total. The number of nitrogens with zero attached hydrogens (tertiary/aromatic N) is 5. The topological polar surface area (TPSA) is 75.0 Å². The van der Waals surface area contributed by atoms with E-state index in [2.05, 4.69) is 26.2 Å². The van der Waals surface area contributed by atoms with E-state index >= 15 is 0 Å². The molecule has 3 aromatic rings. The molecule has 33 heavy (non-hydrogen) atoms. The number of para-hydroxylation sites is 1. The van der Waals surface area contributed by atoms with Gasteiger partial charge in [0.1, 0.15) is 5.75 Å². The van der Waals surface area contributed by atoms with Crippen LogP contribution in [0.25, 0.3) is 0 Å². The number of piperazine rings is 1. The summed E-state index contributed by atoms with van der Waals surface area (Å²) in [5.41, 5.74) is 2.42. The molecule has 9 heteroatoms. The van der Waals surface area contributed by atoms with Gasteiger partial charge in [-0.1, -0.05) is 35.9 Å². The maximum atomic E-state index is 12.9. The molecular weight excluding hydrogens is 440 g/mol. The molecule has 1 fully saturated rings. The number of rotatable bonds is 3. The number of aromatic nitrogens is 2. The third-order valence-corrected chi connectivity index (χ3v) is 6.20. The third kappa shape index (κ3) is 4.14. The van der Waals surface area contributed by atoms with Crippen LogP contribution in [0.4, 0.5) is 11.6 Å². The van der Waals surface area contributed by atoms with Crippen LogP contribution in [0.15, 0.2) is 64.4 Å². The number of aliphatic imine (C=N–C) groups is 1. The van der Waals surface area contributed by atoms with Crippen molar-refractivity contribution in [2.24, 2.45) is 4.99 Å². The molecule has 0 bridgehead atoms. The van der Waals surface area contributed by atoms with E-state index < -0.39 is 6.17 Å². The van der Waals surface area contributed by atoms with Gasteiger partial charge in [-0.15, -0.1) is 0 Å². The molecule has 5 rings (SSSR count).